The number of aliphatic imine (C=N–C) groups is 1. The van der Waals surface area contributed by atoms with Gasteiger partial charge in [-0.3, -0.25) is 4.99 Å². The van der Waals surface area contributed by atoms with Crippen LogP contribution < -0.4 is 10.6 Å². The summed E-state index contributed by atoms with van der Waals surface area (Å²) in [7, 11) is 5.13. The molecule has 19 heavy (non-hydrogen) atoms. The molecule has 2 N–H and O–H groups in total. The number of ether oxygens (including phenoxy) is 2. The van der Waals surface area contributed by atoms with Gasteiger partial charge in [0.05, 0.1) is 13.2 Å². The van der Waals surface area contributed by atoms with Crippen molar-refractivity contribution < 1.29 is 9.47 Å². The average Bonchev–Trinajstić information content (AvgIpc) is 2.43. The summed E-state index contributed by atoms with van der Waals surface area (Å²) in [6.07, 6.45) is 0. The maximum Gasteiger partial charge on any atom is 0.191 e. The van der Waals surface area contributed by atoms with E-state index < -0.39 is 0 Å². The number of rotatable bonds is 7. The minimum absolute atomic E-state index is 0.634. The summed E-state index contributed by atoms with van der Waals surface area (Å²) >= 11 is 0. The van der Waals surface area contributed by atoms with Crippen molar-refractivity contribution in [3.8, 4) is 0 Å². The summed E-state index contributed by atoms with van der Waals surface area (Å²) in [5, 5.41) is 6.43. The Morgan fingerprint density at radius 2 is 1.95 bits per heavy atom. The van der Waals surface area contributed by atoms with Crippen molar-refractivity contribution in [1.82, 2.24) is 10.6 Å². The van der Waals surface area contributed by atoms with Crippen LogP contribution in [0.5, 0.6) is 0 Å². The van der Waals surface area contributed by atoms with Gasteiger partial charge >= 0.3 is 0 Å². The first-order valence-electron chi connectivity index (χ1n) is 6.30. The molecule has 1 rings (SSSR count). The highest BCUT2D eigenvalue weighted by Gasteiger charge is 1.99. The van der Waals surface area contributed by atoms with Gasteiger partial charge in [-0.25, -0.2) is 0 Å². The molecule has 0 unspecified atom stereocenters. The highest BCUT2D eigenvalue weighted by molar-refractivity contribution is 5.79. The Morgan fingerprint density at radius 1 is 1.16 bits per heavy atom. The third-order valence-electron chi connectivity index (χ3n) is 2.58. The maximum absolute atomic E-state index is 5.12. The number of methoxy groups -OCH3 is 2. The van der Waals surface area contributed by atoms with Gasteiger partial charge in [-0.15, -0.1) is 0 Å². The third-order valence-corrected chi connectivity index (χ3v) is 2.58. The lowest BCUT2D eigenvalue weighted by Crippen LogP contribution is -2.38. The first-order valence-corrected chi connectivity index (χ1v) is 6.30. The molecule has 0 bridgehead atoms. The van der Waals surface area contributed by atoms with E-state index in [1.807, 2.05) is 6.07 Å². The minimum atomic E-state index is 0.634. The van der Waals surface area contributed by atoms with Crippen LogP contribution in [0.2, 0.25) is 0 Å². The van der Waals surface area contributed by atoms with Crippen LogP contribution in [0.4, 0.5) is 0 Å². The Morgan fingerprint density at radius 3 is 2.63 bits per heavy atom. The quantitative estimate of drug-likeness (QED) is 0.441. The predicted octanol–water partition coefficient (Wildman–Crippen LogP) is 1.14. The van der Waals surface area contributed by atoms with E-state index in [1.165, 1.54) is 11.1 Å². The molecule has 0 aliphatic carbocycles. The van der Waals surface area contributed by atoms with Gasteiger partial charge in [-0.1, -0.05) is 24.3 Å². The van der Waals surface area contributed by atoms with Crippen molar-refractivity contribution >= 4 is 5.96 Å². The van der Waals surface area contributed by atoms with Gasteiger partial charge in [0.25, 0.3) is 0 Å². The molecule has 5 heteroatoms. The van der Waals surface area contributed by atoms with E-state index in [1.54, 1.807) is 21.3 Å². The van der Waals surface area contributed by atoms with Crippen molar-refractivity contribution in [3.05, 3.63) is 35.4 Å². The van der Waals surface area contributed by atoms with Crippen molar-refractivity contribution in [2.24, 2.45) is 4.99 Å². The van der Waals surface area contributed by atoms with Crippen molar-refractivity contribution in [3.63, 3.8) is 0 Å². The smallest absolute Gasteiger partial charge is 0.191 e. The van der Waals surface area contributed by atoms with Gasteiger partial charge < -0.3 is 20.1 Å². The second-order valence-electron chi connectivity index (χ2n) is 4.10. The fraction of sp³-hybridized carbons (Fsp3) is 0.500. The standard InChI is InChI=1S/C14H23N3O2/c1-15-14(16-7-8-18-2)17-10-12-5-4-6-13(9-12)11-19-3/h4-6,9H,7-8,10-11H2,1-3H3,(H2,15,16,17). The number of guanidine groups is 1. The lowest BCUT2D eigenvalue weighted by molar-refractivity contribution is 0.185. The molecule has 0 saturated heterocycles. The van der Waals surface area contributed by atoms with Crippen molar-refractivity contribution in [2.45, 2.75) is 13.2 Å². The highest BCUT2D eigenvalue weighted by atomic mass is 16.5. The van der Waals surface area contributed by atoms with Gasteiger partial charge in [-0.2, -0.15) is 0 Å². The molecular formula is C14H23N3O2. The Kier molecular flexibility index (Phi) is 7.62. The molecule has 0 aromatic heterocycles. The second kappa shape index (κ2) is 9.35. The van der Waals surface area contributed by atoms with Crippen molar-refractivity contribution in [2.75, 3.05) is 34.4 Å². The normalized spacial score (nSPS) is 11.4. The van der Waals surface area contributed by atoms with E-state index in [2.05, 4.69) is 33.8 Å². The van der Waals surface area contributed by atoms with Gasteiger partial charge in [-0.05, 0) is 11.1 Å². The van der Waals surface area contributed by atoms with Crippen LogP contribution in [0, 0.1) is 0 Å². The Labute approximate surface area is 115 Å². The average molecular weight is 265 g/mol. The molecule has 106 valence electrons. The summed E-state index contributed by atoms with van der Waals surface area (Å²) in [6, 6.07) is 8.29. The SMILES string of the molecule is CN=C(NCCOC)NCc1cccc(COC)c1. The monoisotopic (exact) mass is 265 g/mol. The van der Waals surface area contributed by atoms with E-state index in [0.717, 1.165) is 19.0 Å². The zero-order chi connectivity index (χ0) is 13.9. The van der Waals surface area contributed by atoms with Crippen LogP contribution in [0.1, 0.15) is 11.1 Å². The van der Waals surface area contributed by atoms with E-state index in [9.17, 15) is 0 Å². The first kappa shape index (κ1) is 15.5. The molecule has 0 aliphatic rings. The van der Waals surface area contributed by atoms with Crippen LogP contribution in [-0.2, 0) is 22.6 Å². The highest BCUT2D eigenvalue weighted by Crippen LogP contribution is 2.06. The van der Waals surface area contributed by atoms with E-state index in [0.29, 0.717) is 13.2 Å². The molecule has 0 fully saturated rings. The molecule has 0 atom stereocenters. The van der Waals surface area contributed by atoms with Crippen LogP contribution in [-0.4, -0.2) is 40.4 Å². The lowest BCUT2D eigenvalue weighted by atomic mass is 10.1. The summed E-state index contributed by atoms with van der Waals surface area (Å²) < 4.78 is 10.1. The van der Waals surface area contributed by atoms with Crippen LogP contribution in [0.15, 0.2) is 29.3 Å². The lowest BCUT2D eigenvalue weighted by Gasteiger charge is -2.12. The minimum Gasteiger partial charge on any atom is -0.383 e. The van der Waals surface area contributed by atoms with E-state index >= 15 is 0 Å². The maximum atomic E-state index is 5.12. The predicted molar refractivity (Wildman–Crippen MR) is 77.2 cm³/mol. The summed E-state index contributed by atoms with van der Waals surface area (Å²) in [5.74, 6) is 0.772. The third kappa shape index (κ3) is 6.22. The molecular weight excluding hydrogens is 242 g/mol. The van der Waals surface area contributed by atoms with Crippen molar-refractivity contribution in [1.29, 1.82) is 0 Å². The Bertz CT molecular complexity index is 394. The fourth-order valence-corrected chi connectivity index (χ4v) is 1.67. The van der Waals surface area contributed by atoms with Gasteiger partial charge in [0.15, 0.2) is 5.96 Å². The molecule has 0 amide bonds. The van der Waals surface area contributed by atoms with E-state index in [4.69, 9.17) is 9.47 Å². The Hall–Kier alpha value is -1.59. The zero-order valence-electron chi connectivity index (χ0n) is 11.9. The molecule has 5 nitrogen and oxygen atoms in total. The van der Waals surface area contributed by atoms with Crippen LogP contribution in [0.25, 0.3) is 0 Å². The number of hydrogen-bond donors (Lipinski definition) is 2. The number of benzene rings is 1. The van der Waals surface area contributed by atoms with Crippen LogP contribution in [0.3, 0.4) is 0 Å². The van der Waals surface area contributed by atoms with Crippen LogP contribution >= 0.6 is 0 Å². The summed E-state index contributed by atoms with van der Waals surface area (Å²) in [6.45, 7) is 2.75. The van der Waals surface area contributed by atoms with Gasteiger partial charge in [0, 0.05) is 34.4 Å². The molecule has 1 aromatic carbocycles. The largest absolute Gasteiger partial charge is 0.383 e. The van der Waals surface area contributed by atoms with Gasteiger partial charge in [0.1, 0.15) is 0 Å². The van der Waals surface area contributed by atoms with Gasteiger partial charge in [0.2, 0.25) is 0 Å². The zero-order valence-corrected chi connectivity index (χ0v) is 11.9. The topological polar surface area (TPSA) is 54.9 Å². The number of hydrogen-bond acceptors (Lipinski definition) is 3. The summed E-state index contributed by atoms with van der Waals surface area (Å²) in [5.41, 5.74) is 2.37. The molecule has 0 heterocycles. The number of nitrogens with zero attached hydrogens (tertiary/aromatic N) is 1. The number of nitrogens with one attached hydrogen (secondary N) is 2. The molecule has 1 aromatic rings. The first-order chi connectivity index (χ1) is 9.30. The summed E-state index contributed by atoms with van der Waals surface area (Å²) in [4.78, 5) is 4.15. The fourth-order valence-electron chi connectivity index (χ4n) is 1.67. The van der Waals surface area contributed by atoms with E-state index in [-0.39, 0.29) is 0 Å². The molecule has 0 spiro atoms. The second-order valence-corrected chi connectivity index (χ2v) is 4.10. The molecule has 0 aliphatic heterocycles. The Balaban J connectivity index is 2.43. The molecule has 0 saturated carbocycles. The molecule has 0 radical (unpaired) electrons.